The van der Waals surface area contributed by atoms with E-state index in [2.05, 4.69) is 20.5 Å². The quantitative estimate of drug-likeness (QED) is 0.573. The van der Waals surface area contributed by atoms with Crippen molar-refractivity contribution in [2.24, 2.45) is 0 Å². The zero-order valence-electron chi connectivity index (χ0n) is 13.9. The van der Waals surface area contributed by atoms with Crippen LogP contribution in [-0.4, -0.2) is 32.2 Å². The monoisotopic (exact) mass is 386 g/mol. The van der Waals surface area contributed by atoms with Gasteiger partial charge in [-0.25, -0.2) is 4.39 Å². The van der Waals surface area contributed by atoms with Crippen molar-refractivity contribution in [3.8, 4) is 34.4 Å². The van der Waals surface area contributed by atoms with Gasteiger partial charge in [0.2, 0.25) is 5.82 Å². The third kappa shape index (κ3) is 2.97. The molecule has 8 nitrogen and oxygen atoms in total. The summed E-state index contributed by atoms with van der Waals surface area (Å²) in [5.41, 5.74) is 7.09. The van der Waals surface area contributed by atoms with Crippen LogP contribution in [0.25, 0.3) is 28.7 Å². The summed E-state index contributed by atoms with van der Waals surface area (Å²) in [6.07, 6.45) is 0. The summed E-state index contributed by atoms with van der Waals surface area (Å²) < 4.78 is 25.6. The van der Waals surface area contributed by atoms with Crippen LogP contribution in [0.2, 0.25) is 5.02 Å². The summed E-state index contributed by atoms with van der Waals surface area (Å²) in [5, 5.41) is 12.2. The number of benzene rings is 2. The fourth-order valence-electron chi connectivity index (χ4n) is 2.49. The summed E-state index contributed by atoms with van der Waals surface area (Å²) in [5.74, 6) is 0.334. The number of nitrogens with two attached hydrogens (primary N) is 1. The molecule has 2 heterocycles. The maximum absolute atomic E-state index is 13.9. The van der Waals surface area contributed by atoms with Crippen LogP contribution < -0.4 is 10.5 Å². The Hall–Kier alpha value is -3.46. The van der Waals surface area contributed by atoms with Crippen LogP contribution in [0.4, 0.5) is 10.2 Å². The third-order valence-corrected chi connectivity index (χ3v) is 4.12. The molecule has 0 unspecified atom stereocenters. The highest BCUT2D eigenvalue weighted by atomic mass is 35.5. The minimum atomic E-state index is -0.464. The zero-order chi connectivity index (χ0) is 19.0. The second-order valence-corrected chi connectivity index (χ2v) is 5.86. The maximum atomic E-state index is 13.9. The molecule has 0 saturated carbocycles. The standard InChI is InChI=1S/C17H12ClFN6O2/c1-26-13-7-6-9(8-11(13)18)25-15(20)14(22-24-25)17-21-16(23-27-17)10-4-2-3-5-12(10)19/h2-8H,20H2,1H3. The number of rotatable bonds is 4. The average molecular weight is 387 g/mol. The van der Waals surface area contributed by atoms with Gasteiger partial charge in [0, 0.05) is 0 Å². The number of hydrogen-bond acceptors (Lipinski definition) is 7. The summed E-state index contributed by atoms with van der Waals surface area (Å²) >= 11 is 6.14. The summed E-state index contributed by atoms with van der Waals surface area (Å²) in [6, 6.07) is 11.1. The lowest BCUT2D eigenvalue weighted by atomic mass is 10.2. The molecule has 2 aromatic carbocycles. The molecule has 2 aromatic heterocycles. The number of anilines is 1. The van der Waals surface area contributed by atoms with Crippen LogP contribution >= 0.6 is 11.6 Å². The predicted molar refractivity (Wildman–Crippen MR) is 96.0 cm³/mol. The number of nitrogen functional groups attached to an aromatic ring is 1. The molecule has 0 radical (unpaired) electrons. The summed E-state index contributed by atoms with van der Waals surface area (Å²) in [7, 11) is 1.52. The van der Waals surface area contributed by atoms with Crippen molar-refractivity contribution < 1.29 is 13.7 Å². The predicted octanol–water partition coefficient (Wildman–Crippen LogP) is 3.37. The minimum absolute atomic E-state index is 0.0246. The zero-order valence-corrected chi connectivity index (χ0v) is 14.7. The van der Waals surface area contributed by atoms with Crippen LogP contribution in [0.5, 0.6) is 5.75 Å². The molecular weight excluding hydrogens is 375 g/mol. The Morgan fingerprint density at radius 2 is 2.04 bits per heavy atom. The Kier molecular flexibility index (Phi) is 4.21. The SMILES string of the molecule is COc1ccc(-n2nnc(-c3nc(-c4ccccc4F)no3)c2N)cc1Cl. The molecule has 0 fully saturated rings. The van der Waals surface area contributed by atoms with Crippen molar-refractivity contribution in [1.82, 2.24) is 25.1 Å². The van der Waals surface area contributed by atoms with Gasteiger partial charge in [-0.05, 0) is 30.3 Å². The average Bonchev–Trinajstić information content (AvgIpc) is 3.28. The Morgan fingerprint density at radius 1 is 1.22 bits per heavy atom. The topological polar surface area (TPSA) is 105 Å². The Bertz CT molecular complexity index is 1130. The molecule has 10 heteroatoms. The molecule has 0 atom stereocenters. The normalized spacial score (nSPS) is 10.9. The number of aromatic nitrogens is 5. The molecular formula is C17H12ClFN6O2. The highest BCUT2D eigenvalue weighted by Gasteiger charge is 2.21. The van der Waals surface area contributed by atoms with Gasteiger partial charge in [-0.2, -0.15) is 9.67 Å². The van der Waals surface area contributed by atoms with Crippen LogP contribution in [0.3, 0.4) is 0 Å². The molecule has 2 N–H and O–H groups in total. The van der Waals surface area contributed by atoms with E-state index in [-0.39, 0.29) is 28.8 Å². The van der Waals surface area contributed by atoms with E-state index in [1.54, 1.807) is 36.4 Å². The van der Waals surface area contributed by atoms with Gasteiger partial charge in [0.15, 0.2) is 11.5 Å². The molecule has 0 aliphatic rings. The molecule has 4 rings (SSSR count). The van der Waals surface area contributed by atoms with E-state index < -0.39 is 5.82 Å². The van der Waals surface area contributed by atoms with Gasteiger partial charge >= 0.3 is 0 Å². The number of methoxy groups -OCH3 is 1. The van der Waals surface area contributed by atoms with Gasteiger partial charge in [-0.3, -0.25) is 0 Å². The first-order valence-electron chi connectivity index (χ1n) is 7.72. The lowest BCUT2D eigenvalue weighted by Crippen LogP contribution is -2.02. The second kappa shape index (κ2) is 6.69. The van der Waals surface area contributed by atoms with Gasteiger partial charge in [0.1, 0.15) is 11.6 Å². The summed E-state index contributed by atoms with van der Waals surface area (Å²) in [6.45, 7) is 0. The van der Waals surface area contributed by atoms with Crippen molar-refractivity contribution in [3.63, 3.8) is 0 Å². The third-order valence-electron chi connectivity index (χ3n) is 3.83. The van der Waals surface area contributed by atoms with Crippen LogP contribution in [-0.2, 0) is 0 Å². The largest absolute Gasteiger partial charge is 0.495 e. The summed E-state index contributed by atoms with van der Waals surface area (Å²) in [4.78, 5) is 4.16. The Labute approximate surface area is 157 Å². The number of ether oxygens (including phenoxy) is 1. The van der Waals surface area contributed by atoms with E-state index in [9.17, 15) is 4.39 Å². The number of nitrogens with zero attached hydrogens (tertiary/aromatic N) is 5. The fraction of sp³-hybridized carbons (Fsp3) is 0.0588. The van der Waals surface area contributed by atoms with Gasteiger partial charge in [-0.15, -0.1) is 5.10 Å². The lowest BCUT2D eigenvalue weighted by molar-refractivity contribution is 0.415. The minimum Gasteiger partial charge on any atom is -0.495 e. The molecule has 4 aromatic rings. The van der Waals surface area contributed by atoms with E-state index in [0.29, 0.717) is 16.5 Å². The molecule has 0 spiro atoms. The molecule has 0 amide bonds. The first-order chi connectivity index (χ1) is 13.1. The van der Waals surface area contributed by atoms with Crippen molar-refractivity contribution >= 4 is 17.4 Å². The van der Waals surface area contributed by atoms with Crippen LogP contribution in [0.15, 0.2) is 47.0 Å². The molecule has 0 aliphatic heterocycles. The van der Waals surface area contributed by atoms with E-state index in [1.165, 1.54) is 17.9 Å². The first kappa shape index (κ1) is 17.0. The number of halogens is 2. The van der Waals surface area contributed by atoms with Gasteiger partial charge in [0.05, 0.1) is 23.4 Å². The van der Waals surface area contributed by atoms with Gasteiger partial charge in [-0.1, -0.05) is 34.1 Å². The van der Waals surface area contributed by atoms with Crippen LogP contribution in [0.1, 0.15) is 0 Å². The van der Waals surface area contributed by atoms with E-state index >= 15 is 0 Å². The molecule has 0 bridgehead atoms. The smallest absolute Gasteiger partial charge is 0.282 e. The second-order valence-electron chi connectivity index (χ2n) is 5.46. The molecule has 0 saturated heterocycles. The van der Waals surface area contributed by atoms with Crippen molar-refractivity contribution in [2.45, 2.75) is 0 Å². The van der Waals surface area contributed by atoms with E-state index in [0.717, 1.165) is 0 Å². The maximum Gasteiger partial charge on any atom is 0.282 e. The van der Waals surface area contributed by atoms with Crippen molar-refractivity contribution in [1.29, 1.82) is 0 Å². The van der Waals surface area contributed by atoms with Crippen LogP contribution in [0, 0.1) is 5.82 Å². The lowest BCUT2D eigenvalue weighted by Gasteiger charge is -2.06. The van der Waals surface area contributed by atoms with E-state index in [1.807, 2.05) is 0 Å². The number of hydrogen-bond donors (Lipinski definition) is 1. The highest BCUT2D eigenvalue weighted by molar-refractivity contribution is 6.32. The van der Waals surface area contributed by atoms with E-state index in [4.69, 9.17) is 26.6 Å². The molecule has 136 valence electrons. The van der Waals surface area contributed by atoms with Crippen molar-refractivity contribution in [3.05, 3.63) is 53.3 Å². The molecule has 0 aliphatic carbocycles. The van der Waals surface area contributed by atoms with Crippen molar-refractivity contribution in [2.75, 3.05) is 12.8 Å². The Balaban J connectivity index is 1.71. The van der Waals surface area contributed by atoms with Gasteiger partial charge < -0.3 is 15.0 Å². The highest BCUT2D eigenvalue weighted by Crippen LogP contribution is 2.30. The molecule has 27 heavy (non-hydrogen) atoms. The van der Waals surface area contributed by atoms with Gasteiger partial charge in [0.25, 0.3) is 5.89 Å². The Morgan fingerprint density at radius 3 is 2.78 bits per heavy atom. The fourth-order valence-corrected chi connectivity index (χ4v) is 2.74. The first-order valence-corrected chi connectivity index (χ1v) is 8.10.